The van der Waals surface area contributed by atoms with Crippen LogP contribution in [-0.2, 0) is 0 Å². The lowest BCUT2D eigenvalue weighted by atomic mass is 10.0. The van der Waals surface area contributed by atoms with Gasteiger partial charge in [-0.3, -0.25) is 9.78 Å². The first kappa shape index (κ1) is 18.6. The van der Waals surface area contributed by atoms with Crippen molar-refractivity contribution < 1.29 is 13.5 Å². The Bertz CT molecular complexity index is 1290. The first-order valence-corrected chi connectivity index (χ1v) is 8.90. The predicted molar refractivity (Wildman–Crippen MR) is 109 cm³/mol. The van der Waals surface area contributed by atoms with Crippen molar-refractivity contribution in [2.45, 2.75) is 6.92 Å². The molecule has 0 atom stereocenters. The molecule has 0 saturated heterocycles. The van der Waals surface area contributed by atoms with Crippen LogP contribution in [0.3, 0.4) is 0 Å². The minimum absolute atomic E-state index is 0.0793. The number of nitrogens with zero attached hydrogens (tertiary/aromatic N) is 1. The van der Waals surface area contributed by atoms with Gasteiger partial charge in [0.15, 0.2) is 11.6 Å². The molecule has 0 unspecified atom stereocenters. The highest BCUT2D eigenvalue weighted by atomic mass is 19.1. The number of aromatic amines is 1. The quantitative estimate of drug-likeness (QED) is 0.511. The maximum Gasteiger partial charge on any atom is 0.260 e. The number of hydrogen-bond donors (Lipinski definition) is 2. The Morgan fingerprint density at radius 1 is 1.00 bits per heavy atom. The molecule has 4 rings (SSSR count). The third-order valence-electron chi connectivity index (χ3n) is 4.50. The number of nitrogens with one attached hydrogen (secondary N) is 2. The van der Waals surface area contributed by atoms with E-state index < -0.39 is 11.6 Å². The van der Waals surface area contributed by atoms with Crippen molar-refractivity contribution in [3.05, 3.63) is 82.1 Å². The summed E-state index contributed by atoms with van der Waals surface area (Å²) in [5.41, 5.74) is 2.68. The van der Waals surface area contributed by atoms with E-state index in [1.807, 2.05) is 19.1 Å². The van der Waals surface area contributed by atoms with Gasteiger partial charge in [-0.15, -0.1) is 0 Å². The highest BCUT2D eigenvalue weighted by Gasteiger charge is 2.13. The Hall–Kier alpha value is -3.74. The molecule has 146 valence electrons. The molecule has 0 radical (unpaired) electrons. The van der Waals surface area contributed by atoms with Crippen molar-refractivity contribution in [2.75, 3.05) is 12.4 Å². The van der Waals surface area contributed by atoms with Gasteiger partial charge in [0.25, 0.3) is 5.56 Å². The van der Waals surface area contributed by atoms with Crippen molar-refractivity contribution in [3.63, 3.8) is 0 Å². The number of hydrogen-bond acceptors (Lipinski definition) is 4. The molecule has 0 aliphatic heterocycles. The maximum absolute atomic E-state index is 14.1. The molecule has 1 aromatic heterocycles. The Kier molecular flexibility index (Phi) is 4.72. The second-order valence-electron chi connectivity index (χ2n) is 6.57. The summed E-state index contributed by atoms with van der Waals surface area (Å²) in [6, 6.07) is 13.8. The third-order valence-corrected chi connectivity index (χ3v) is 4.50. The summed E-state index contributed by atoms with van der Waals surface area (Å²) in [5, 5.41) is 3.27. The molecule has 3 aromatic carbocycles. The summed E-state index contributed by atoms with van der Waals surface area (Å²) in [7, 11) is 1.66. The second kappa shape index (κ2) is 7.35. The molecule has 2 N–H and O–H groups in total. The van der Waals surface area contributed by atoms with E-state index in [1.54, 1.807) is 31.3 Å². The summed E-state index contributed by atoms with van der Waals surface area (Å²) in [5.74, 6) is -0.788. The van der Waals surface area contributed by atoms with Crippen LogP contribution < -0.4 is 15.6 Å². The van der Waals surface area contributed by atoms with Crippen LogP contribution in [0.25, 0.3) is 22.0 Å². The number of H-pyrrole nitrogens is 1. The number of anilines is 1. The summed E-state index contributed by atoms with van der Waals surface area (Å²) in [6.07, 6.45) is 0. The van der Waals surface area contributed by atoms with Crippen molar-refractivity contribution >= 4 is 16.9 Å². The highest BCUT2D eigenvalue weighted by molar-refractivity contribution is 5.85. The molecule has 0 saturated carbocycles. The van der Waals surface area contributed by atoms with Gasteiger partial charge in [0, 0.05) is 18.7 Å². The van der Waals surface area contributed by atoms with Gasteiger partial charge < -0.3 is 10.1 Å². The summed E-state index contributed by atoms with van der Waals surface area (Å²) in [6.45, 7) is 1.93. The number of rotatable bonds is 4. The fourth-order valence-electron chi connectivity index (χ4n) is 3.06. The molecule has 5 nitrogen and oxygen atoms in total. The van der Waals surface area contributed by atoms with Crippen LogP contribution in [0.15, 0.2) is 59.4 Å². The Morgan fingerprint density at radius 3 is 2.55 bits per heavy atom. The summed E-state index contributed by atoms with van der Waals surface area (Å²) < 4.78 is 33.0. The molecule has 0 amide bonds. The standard InChI is InChI=1S/C22H17F2N3O2/c1-12-3-7-19(29-20-8-5-14(23)11-17(20)24)16(9-12)13-4-6-15-18(10-13)26-22(25-2)27-21(15)28/h3-11H,1-2H3,(H2,25,26,27,28). The number of fused-ring (bicyclic) bond motifs is 1. The van der Waals surface area contributed by atoms with Gasteiger partial charge in [0.2, 0.25) is 5.95 Å². The average molecular weight is 393 g/mol. The number of aromatic nitrogens is 2. The van der Waals surface area contributed by atoms with Gasteiger partial charge in [-0.05, 0) is 48.9 Å². The van der Waals surface area contributed by atoms with Crippen molar-refractivity contribution in [3.8, 4) is 22.6 Å². The van der Waals surface area contributed by atoms with E-state index in [0.29, 0.717) is 28.2 Å². The van der Waals surface area contributed by atoms with Crippen LogP contribution >= 0.6 is 0 Å². The van der Waals surface area contributed by atoms with Gasteiger partial charge in [-0.1, -0.05) is 17.7 Å². The van der Waals surface area contributed by atoms with E-state index >= 15 is 0 Å². The summed E-state index contributed by atoms with van der Waals surface area (Å²) in [4.78, 5) is 19.2. The molecule has 4 aromatic rings. The fraction of sp³-hybridized carbons (Fsp3) is 0.0909. The van der Waals surface area contributed by atoms with E-state index in [4.69, 9.17) is 4.74 Å². The molecule has 0 fully saturated rings. The third kappa shape index (κ3) is 3.67. The predicted octanol–water partition coefficient (Wildman–Crippen LogP) is 5.01. The van der Waals surface area contributed by atoms with Gasteiger partial charge in [0.05, 0.1) is 10.9 Å². The smallest absolute Gasteiger partial charge is 0.260 e. The molecule has 7 heteroatoms. The van der Waals surface area contributed by atoms with Gasteiger partial charge in [-0.2, -0.15) is 0 Å². The zero-order valence-electron chi connectivity index (χ0n) is 15.7. The number of aryl methyl sites for hydroxylation is 1. The van der Waals surface area contributed by atoms with Gasteiger partial charge in [0.1, 0.15) is 11.6 Å². The largest absolute Gasteiger partial charge is 0.454 e. The zero-order chi connectivity index (χ0) is 20.5. The first-order chi connectivity index (χ1) is 13.9. The SMILES string of the molecule is CNc1nc2cc(-c3cc(C)ccc3Oc3ccc(F)cc3F)ccc2c(=O)[nH]1. The average Bonchev–Trinajstić information content (AvgIpc) is 2.70. The fourth-order valence-corrected chi connectivity index (χ4v) is 3.06. The van der Waals surface area contributed by atoms with Crippen molar-refractivity contribution in [1.29, 1.82) is 0 Å². The molecule has 0 aliphatic rings. The summed E-state index contributed by atoms with van der Waals surface area (Å²) >= 11 is 0. The first-order valence-electron chi connectivity index (χ1n) is 8.90. The van der Waals surface area contributed by atoms with Crippen LogP contribution in [0, 0.1) is 18.6 Å². The molecule has 0 aliphatic carbocycles. The van der Waals surface area contributed by atoms with E-state index in [9.17, 15) is 13.6 Å². The van der Waals surface area contributed by atoms with E-state index in [0.717, 1.165) is 23.3 Å². The number of ether oxygens (including phenoxy) is 1. The van der Waals surface area contributed by atoms with Gasteiger partial charge in [-0.25, -0.2) is 13.8 Å². The Balaban J connectivity index is 1.84. The van der Waals surface area contributed by atoms with E-state index in [2.05, 4.69) is 15.3 Å². The van der Waals surface area contributed by atoms with Crippen LogP contribution in [0.4, 0.5) is 14.7 Å². The molecular formula is C22H17F2N3O2. The van der Waals surface area contributed by atoms with Crippen molar-refractivity contribution in [1.82, 2.24) is 9.97 Å². The molecular weight excluding hydrogens is 376 g/mol. The van der Waals surface area contributed by atoms with Crippen LogP contribution in [0.1, 0.15) is 5.56 Å². The van der Waals surface area contributed by atoms with Crippen molar-refractivity contribution in [2.24, 2.45) is 0 Å². The maximum atomic E-state index is 14.1. The number of halogens is 2. The molecule has 29 heavy (non-hydrogen) atoms. The second-order valence-corrected chi connectivity index (χ2v) is 6.57. The van der Waals surface area contributed by atoms with E-state index in [1.165, 1.54) is 6.07 Å². The molecule has 1 heterocycles. The monoisotopic (exact) mass is 393 g/mol. The zero-order valence-corrected chi connectivity index (χ0v) is 15.7. The minimum Gasteiger partial charge on any atom is -0.454 e. The lowest BCUT2D eigenvalue weighted by Crippen LogP contribution is -2.11. The Labute approximate surface area is 165 Å². The molecule has 0 bridgehead atoms. The lowest BCUT2D eigenvalue weighted by Gasteiger charge is -2.13. The van der Waals surface area contributed by atoms with Crippen LogP contribution in [-0.4, -0.2) is 17.0 Å². The van der Waals surface area contributed by atoms with Gasteiger partial charge >= 0.3 is 0 Å². The van der Waals surface area contributed by atoms with Crippen LogP contribution in [0.5, 0.6) is 11.5 Å². The van der Waals surface area contributed by atoms with E-state index in [-0.39, 0.29) is 11.3 Å². The normalized spacial score (nSPS) is 10.9. The minimum atomic E-state index is -0.790. The number of benzene rings is 3. The topological polar surface area (TPSA) is 67.0 Å². The molecule has 0 spiro atoms. The van der Waals surface area contributed by atoms with Crippen LogP contribution in [0.2, 0.25) is 0 Å². The lowest BCUT2D eigenvalue weighted by molar-refractivity contribution is 0.439. The highest BCUT2D eigenvalue weighted by Crippen LogP contribution is 2.36. The Morgan fingerprint density at radius 2 is 1.79 bits per heavy atom.